The first kappa shape index (κ1) is 7.27. The lowest BCUT2D eigenvalue weighted by molar-refractivity contribution is 0.976. The van der Waals surface area contributed by atoms with Crippen LogP contribution in [0.4, 0.5) is 0 Å². The van der Waals surface area contributed by atoms with E-state index in [2.05, 4.69) is 21.1 Å². The Kier molecular flexibility index (Phi) is 1.76. The van der Waals surface area contributed by atoms with E-state index in [0.29, 0.717) is 5.56 Å². The van der Waals surface area contributed by atoms with Crippen molar-refractivity contribution in [3.8, 4) is 0 Å². The molecule has 1 heterocycles. The maximum absolute atomic E-state index is 10.7. The third-order valence-corrected chi connectivity index (χ3v) is 1.61. The lowest BCUT2D eigenvalue weighted by Crippen LogP contribution is -2.26. The molecule has 0 aliphatic carbocycles. The minimum absolute atomic E-state index is 0.347. The number of aryl methyl sites for hydroxylation is 1. The molecule has 0 bridgehead atoms. The van der Waals surface area contributed by atoms with Gasteiger partial charge in [0.25, 0.3) is 5.56 Å². The van der Waals surface area contributed by atoms with Crippen LogP contribution in [0.15, 0.2) is 15.8 Å². The van der Waals surface area contributed by atoms with Crippen LogP contribution in [0, 0.1) is 6.92 Å². The second kappa shape index (κ2) is 2.42. The van der Waals surface area contributed by atoms with Gasteiger partial charge in [0.05, 0.1) is 16.1 Å². The molecule has 1 aromatic heterocycles. The SMILES string of the molecule is Cc1cn(Br)c(=O)[nH]c1=O. The van der Waals surface area contributed by atoms with Gasteiger partial charge >= 0.3 is 5.69 Å². The standard InChI is InChI=1S/C5H5BrN2O2/c1-3-2-8(6)5(10)7-4(3)9/h2H,1H3,(H,7,9,10). The van der Waals surface area contributed by atoms with E-state index in [1.54, 1.807) is 6.92 Å². The quantitative estimate of drug-likeness (QED) is 0.648. The summed E-state index contributed by atoms with van der Waals surface area (Å²) in [5.41, 5.74) is -0.312. The zero-order valence-electron chi connectivity index (χ0n) is 5.22. The van der Waals surface area contributed by atoms with Crippen LogP contribution in [0.2, 0.25) is 0 Å². The highest BCUT2D eigenvalue weighted by Gasteiger charge is 1.95. The largest absolute Gasteiger partial charge is 0.338 e. The highest BCUT2D eigenvalue weighted by atomic mass is 79.9. The van der Waals surface area contributed by atoms with Gasteiger partial charge in [-0.2, -0.15) is 0 Å². The average molecular weight is 205 g/mol. The molecule has 54 valence electrons. The summed E-state index contributed by atoms with van der Waals surface area (Å²) in [5.74, 6) is 0. The first-order valence-corrected chi connectivity index (χ1v) is 3.31. The number of hydrogen-bond acceptors (Lipinski definition) is 2. The minimum atomic E-state index is -0.462. The molecule has 0 saturated carbocycles. The van der Waals surface area contributed by atoms with Crippen LogP contribution in [0.1, 0.15) is 5.56 Å². The zero-order chi connectivity index (χ0) is 7.72. The maximum atomic E-state index is 10.7. The molecule has 1 aromatic rings. The summed E-state index contributed by atoms with van der Waals surface area (Å²) in [6.45, 7) is 1.62. The van der Waals surface area contributed by atoms with Gasteiger partial charge in [0.2, 0.25) is 0 Å². The highest BCUT2D eigenvalue weighted by molar-refractivity contribution is 9.08. The topological polar surface area (TPSA) is 54.9 Å². The Labute approximate surface area is 64.8 Å². The first-order chi connectivity index (χ1) is 4.61. The molecule has 0 aromatic carbocycles. The number of aromatic nitrogens is 2. The van der Waals surface area contributed by atoms with Crippen molar-refractivity contribution in [3.05, 3.63) is 32.6 Å². The number of nitrogens with zero attached hydrogens (tertiary/aromatic N) is 1. The molecule has 0 unspecified atom stereocenters. The van der Waals surface area contributed by atoms with Crippen LogP contribution in [0.5, 0.6) is 0 Å². The first-order valence-electron chi connectivity index (χ1n) is 2.60. The molecule has 5 heteroatoms. The van der Waals surface area contributed by atoms with Crippen molar-refractivity contribution >= 4 is 16.1 Å². The number of hydrogen-bond donors (Lipinski definition) is 1. The molecule has 0 aliphatic rings. The molecule has 1 N–H and O–H groups in total. The van der Waals surface area contributed by atoms with E-state index in [-0.39, 0.29) is 5.56 Å². The van der Waals surface area contributed by atoms with Gasteiger partial charge in [-0.05, 0) is 6.92 Å². The lowest BCUT2D eigenvalue weighted by atomic mass is 10.4. The Balaban J connectivity index is 3.59. The molecule has 0 aliphatic heterocycles. The van der Waals surface area contributed by atoms with Gasteiger partial charge in [0.15, 0.2) is 0 Å². The van der Waals surface area contributed by atoms with Crippen LogP contribution in [-0.4, -0.2) is 8.58 Å². The minimum Gasteiger partial charge on any atom is -0.273 e. The monoisotopic (exact) mass is 204 g/mol. The van der Waals surface area contributed by atoms with E-state index in [9.17, 15) is 9.59 Å². The third kappa shape index (κ3) is 1.18. The Morgan fingerprint density at radius 1 is 1.60 bits per heavy atom. The maximum Gasteiger partial charge on any atom is 0.338 e. The summed E-state index contributed by atoms with van der Waals surface area (Å²) >= 11 is 2.91. The smallest absolute Gasteiger partial charge is 0.273 e. The van der Waals surface area contributed by atoms with Crippen molar-refractivity contribution in [2.24, 2.45) is 0 Å². The van der Waals surface area contributed by atoms with Gasteiger partial charge in [-0.25, -0.2) is 8.39 Å². The molecule has 0 saturated heterocycles. The molecule has 1 rings (SSSR count). The Hall–Kier alpha value is -0.840. The zero-order valence-corrected chi connectivity index (χ0v) is 6.81. The van der Waals surface area contributed by atoms with Gasteiger partial charge in [-0.15, -0.1) is 0 Å². The summed E-state index contributed by atoms with van der Waals surface area (Å²) in [4.78, 5) is 23.5. The molecular formula is C5H5BrN2O2. The van der Waals surface area contributed by atoms with E-state index in [4.69, 9.17) is 0 Å². The van der Waals surface area contributed by atoms with Crippen LogP contribution < -0.4 is 11.2 Å². The lowest BCUT2D eigenvalue weighted by Gasteiger charge is -1.92. The summed E-state index contributed by atoms with van der Waals surface area (Å²) < 4.78 is 1.14. The fraction of sp³-hybridized carbons (Fsp3) is 0.200. The second-order valence-electron chi connectivity index (χ2n) is 1.88. The van der Waals surface area contributed by atoms with Crippen LogP contribution >= 0.6 is 16.1 Å². The Morgan fingerprint density at radius 2 is 2.20 bits per heavy atom. The molecule has 0 atom stereocenters. The van der Waals surface area contributed by atoms with Crippen LogP contribution in [0.3, 0.4) is 0 Å². The van der Waals surface area contributed by atoms with Crippen molar-refractivity contribution < 1.29 is 0 Å². The predicted octanol–water partition coefficient (Wildman–Crippen LogP) is 0.00302. The molecular weight excluding hydrogens is 200 g/mol. The third-order valence-electron chi connectivity index (χ3n) is 1.08. The summed E-state index contributed by atoms with van der Waals surface area (Å²) in [6.07, 6.45) is 1.42. The van der Waals surface area contributed by atoms with E-state index in [1.165, 1.54) is 6.20 Å². The van der Waals surface area contributed by atoms with E-state index in [0.717, 1.165) is 3.59 Å². The number of nitrogens with one attached hydrogen (secondary N) is 1. The molecule has 0 fully saturated rings. The van der Waals surface area contributed by atoms with Crippen molar-refractivity contribution in [1.82, 2.24) is 8.58 Å². The summed E-state index contributed by atoms with van der Waals surface area (Å²) in [6, 6.07) is 0. The van der Waals surface area contributed by atoms with Gasteiger partial charge in [-0.1, -0.05) is 0 Å². The van der Waals surface area contributed by atoms with Crippen molar-refractivity contribution in [2.45, 2.75) is 6.92 Å². The van der Waals surface area contributed by atoms with Gasteiger partial charge < -0.3 is 0 Å². The molecule has 0 amide bonds. The number of halogens is 1. The van der Waals surface area contributed by atoms with Crippen molar-refractivity contribution in [2.75, 3.05) is 0 Å². The summed E-state index contributed by atoms with van der Waals surface area (Å²) in [5, 5.41) is 0. The normalized spacial score (nSPS) is 9.80. The average Bonchev–Trinajstić information content (AvgIpc) is 1.84. The van der Waals surface area contributed by atoms with Gasteiger partial charge in [0.1, 0.15) is 0 Å². The van der Waals surface area contributed by atoms with Crippen LogP contribution in [0.25, 0.3) is 0 Å². The predicted molar refractivity (Wildman–Crippen MR) is 40.4 cm³/mol. The number of rotatable bonds is 0. The summed E-state index contributed by atoms with van der Waals surface area (Å²) in [7, 11) is 0. The molecule has 10 heavy (non-hydrogen) atoms. The van der Waals surface area contributed by atoms with E-state index in [1.807, 2.05) is 0 Å². The number of H-pyrrole nitrogens is 1. The van der Waals surface area contributed by atoms with E-state index < -0.39 is 5.69 Å². The Bertz CT molecular complexity index is 320. The fourth-order valence-electron chi connectivity index (χ4n) is 0.536. The fourth-order valence-corrected chi connectivity index (χ4v) is 0.932. The Morgan fingerprint density at radius 3 is 2.70 bits per heavy atom. The van der Waals surface area contributed by atoms with Gasteiger partial charge in [-0.3, -0.25) is 9.78 Å². The molecule has 0 radical (unpaired) electrons. The van der Waals surface area contributed by atoms with Crippen molar-refractivity contribution in [3.63, 3.8) is 0 Å². The number of aromatic amines is 1. The molecule has 0 spiro atoms. The van der Waals surface area contributed by atoms with Crippen molar-refractivity contribution in [1.29, 1.82) is 0 Å². The van der Waals surface area contributed by atoms with Crippen LogP contribution in [-0.2, 0) is 0 Å². The molecule has 4 nitrogen and oxygen atoms in total. The van der Waals surface area contributed by atoms with Gasteiger partial charge in [0, 0.05) is 11.8 Å². The second-order valence-corrected chi connectivity index (χ2v) is 2.65. The van der Waals surface area contributed by atoms with E-state index >= 15 is 0 Å². The highest BCUT2D eigenvalue weighted by Crippen LogP contribution is 1.86.